The molecule has 2 amide bonds. The molecule has 1 saturated heterocycles. The van der Waals surface area contributed by atoms with Crippen molar-refractivity contribution in [3.8, 4) is 0 Å². The number of carbonyl (C=O) groups is 2. The fraction of sp³-hybridized carbons (Fsp3) is 0.333. The average molecular weight is 334 g/mol. The summed E-state index contributed by atoms with van der Waals surface area (Å²) in [5.74, 6) is 0.268. The average Bonchev–Trinajstić information content (AvgIpc) is 3.17. The number of carbonyl (C=O) groups excluding carboxylic acids is 2. The summed E-state index contributed by atoms with van der Waals surface area (Å²) in [6, 6.07) is 16.0. The van der Waals surface area contributed by atoms with E-state index in [2.05, 4.69) is 13.0 Å². The van der Waals surface area contributed by atoms with Crippen LogP contribution in [-0.4, -0.2) is 29.3 Å². The van der Waals surface area contributed by atoms with E-state index in [1.54, 1.807) is 0 Å². The third-order valence-electron chi connectivity index (χ3n) is 5.17. The van der Waals surface area contributed by atoms with E-state index in [1.807, 2.05) is 52.3 Å². The minimum Gasteiger partial charge on any atom is -0.338 e. The summed E-state index contributed by atoms with van der Waals surface area (Å²) in [4.78, 5) is 28.5. The first-order valence-corrected chi connectivity index (χ1v) is 8.91. The Morgan fingerprint density at radius 1 is 1.12 bits per heavy atom. The third kappa shape index (κ3) is 2.93. The molecule has 1 atom stereocenters. The zero-order valence-electron chi connectivity index (χ0n) is 14.4. The molecule has 0 bridgehead atoms. The van der Waals surface area contributed by atoms with Crippen LogP contribution in [0.15, 0.2) is 48.5 Å². The fourth-order valence-corrected chi connectivity index (χ4v) is 3.86. The molecule has 0 N–H and O–H groups in total. The molecule has 0 aromatic heterocycles. The maximum atomic E-state index is 13.0. The van der Waals surface area contributed by atoms with Crippen molar-refractivity contribution in [2.45, 2.75) is 38.8 Å². The van der Waals surface area contributed by atoms with Gasteiger partial charge in [-0.3, -0.25) is 9.59 Å². The number of fused-ring (bicyclic) bond motifs is 1. The van der Waals surface area contributed by atoms with Crippen molar-refractivity contribution >= 4 is 17.5 Å². The van der Waals surface area contributed by atoms with Crippen molar-refractivity contribution in [3.63, 3.8) is 0 Å². The minimum absolute atomic E-state index is 0.0428. The number of hydrogen-bond acceptors (Lipinski definition) is 2. The molecule has 128 valence electrons. The summed E-state index contributed by atoms with van der Waals surface area (Å²) < 4.78 is 0. The number of benzene rings is 2. The molecule has 0 aliphatic carbocycles. The predicted octanol–water partition coefficient (Wildman–Crippen LogP) is 3.40. The number of rotatable bonds is 3. The Morgan fingerprint density at radius 2 is 1.88 bits per heavy atom. The van der Waals surface area contributed by atoms with Crippen molar-refractivity contribution in [3.05, 3.63) is 65.2 Å². The Bertz CT molecular complexity index is 813. The Balaban J connectivity index is 1.52. The van der Waals surface area contributed by atoms with E-state index >= 15 is 0 Å². The van der Waals surface area contributed by atoms with Crippen molar-refractivity contribution in [1.29, 1.82) is 0 Å². The summed E-state index contributed by atoms with van der Waals surface area (Å²) in [6.07, 6.45) is 2.50. The Morgan fingerprint density at radius 3 is 2.60 bits per heavy atom. The first-order chi connectivity index (χ1) is 12.1. The summed E-state index contributed by atoms with van der Waals surface area (Å²) in [5, 5.41) is 0. The zero-order chi connectivity index (χ0) is 17.4. The van der Waals surface area contributed by atoms with E-state index in [0.29, 0.717) is 18.5 Å². The quantitative estimate of drug-likeness (QED) is 0.863. The van der Waals surface area contributed by atoms with Crippen LogP contribution >= 0.6 is 0 Å². The summed E-state index contributed by atoms with van der Waals surface area (Å²) in [7, 11) is 0. The fourth-order valence-electron chi connectivity index (χ4n) is 3.86. The number of likely N-dealkylation sites (tertiary alicyclic amines) is 1. The van der Waals surface area contributed by atoms with Crippen LogP contribution < -0.4 is 4.90 Å². The molecule has 4 heteroatoms. The van der Waals surface area contributed by atoms with Crippen LogP contribution in [0.25, 0.3) is 0 Å². The largest absolute Gasteiger partial charge is 0.338 e. The third-order valence-corrected chi connectivity index (χ3v) is 5.17. The second kappa shape index (κ2) is 6.36. The molecule has 25 heavy (non-hydrogen) atoms. The van der Waals surface area contributed by atoms with Gasteiger partial charge in [-0.2, -0.15) is 0 Å². The molecule has 2 aromatic rings. The van der Waals surface area contributed by atoms with E-state index in [0.717, 1.165) is 30.6 Å². The molecule has 4 rings (SSSR count). The molecule has 0 saturated carbocycles. The van der Waals surface area contributed by atoms with Crippen molar-refractivity contribution in [2.24, 2.45) is 0 Å². The molecule has 2 heterocycles. The minimum atomic E-state index is 0.0428. The second-order valence-corrected chi connectivity index (χ2v) is 6.97. The molecule has 2 aliphatic rings. The number of hydrogen-bond donors (Lipinski definition) is 0. The van der Waals surface area contributed by atoms with E-state index in [4.69, 9.17) is 0 Å². The zero-order valence-corrected chi connectivity index (χ0v) is 14.4. The molecule has 1 unspecified atom stereocenters. The lowest BCUT2D eigenvalue weighted by Gasteiger charge is -2.23. The lowest BCUT2D eigenvalue weighted by atomic mass is 10.1. The van der Waals surface area contributed by atoms with Crippen LogP contribution in [0.4, 0.5) is 5.69 Å². The predicted molar refractivity (Wildman–Crippen MR) is 97.5 cm³/mol. The van der Waals surface area contributed by atoms with Gasteiger partial charge < -0.3 is 9.80 Å². The monoisotopic (exact) mass is 334 g/mol. The summed E-state index contributed by atoms with van der Waals surface area (Å²) in [6.45, 7) is 3.56. The van der Waals surface area contributed by atoms with Crippen LogP contribution in [-0.2, 0) is 17.8 Å². The number of amides is 2. The highest BCUT2D eigenvalue weighted by molar-refractivity contribution is 6.07. The molecule has 4 nitrogen and oxygen atoms in total. The van der Waals surface area contributed by atoms with Crippen molar-refractivity contribution in [1.82, 2.24) is 4.90 Å². The standard InChI is InChI=1S/C21H22N2O2/c1-15-13-18-5-2-3-6-19(18)23(15)21(25)17-10-8-16(9-11-17)14-22-12-4-7-20(22)24/h2-3,5-6,8-11,15H,4,7,12-14H2,1H3. The van der Waals surface area contributed by atoms with Gasteiger partial charge in [0, 0.05) is 36.8 Å². The molecule has 2 aromatic carbocycles. The SMILES string of the molecule is CC1Cc2ccccc2N1C(=O)c1ccc(CN2CCCC2=O)cc1. The lowest BCUT2D eigenvalue weighted by Crippen LogP contribution is -2.35. The number of anilines is 1. The van der Waals surface area contributed by atoms with Gasteiger partial charge in [0.25, 0.3) is 5.91 Å². The first-order valence-electron chi connectivity index (χ1n) is 8.91. The highest BCUT2D eigenvalue weighted by atomic mass is 16.2. The normalized spacial score (nSPS) is 19.4. The second-order valence-electron chi connectivity index (χ2n) is 6.97. The molecule has 0 spiro atoms. The van der Waals surface area contributed by atoms with Gasteiger partial charge in [-0.15, -0.1) is 0 Å². The van der Waals surface area contributed by atoms with E-state index in [9.17, 15) is 9.59 Å². The maximum Gasteiger partial charge on any atom is 0.258 e. The van der Waals surface area contributed by atoms with Gasteiger partial charge in [0.2, 0.25) is 5.91 Å². The Labute approximate surface area is 148 Å². The topological polar surface area (TPSA) is 40.6 Å². The summed E-state index contributed by atoms with van der Waals surface area (Å²) >= 11 is 0. The Hall–Kier alpha value is -2.62. The van der Waals surface area contributed by atoms with Crippen molar-refractivity contribution in [2.75, 3.05) is 11.4 Å². The lowest BCUT2D eigenvalue weighted by molar-refractivity contribution is -0.128. The van der Waals surface area contributed by atoms with Gasteiger partial charge in [0.15, 0.2) is 0 Å². The number of nitrogens with zero attached hydrogens (tertiary/aromatic N) is 2. The highest BCUT2D eigenvalue weighted by Gasteiger charge is 2.31. The van der Waals surface area contributed by atoms with Gasteiger partial charge >= 0.3 is 0 Å². The van der Waals surface area contributed by atoms with E-state index in [1.165, 1.54) is 5.56 Å². The maximum absolute atomic E-state index is 13.0. The Kier molecular flexibility index (Phi) is 4.04. The van der Waals surface area contributed by atoms with E-state index in [-0.39, 0.29) is 17.9 Å². The van der Waals surface area contributed by atoms with Gasteiger partial charge in [-0.25, -0.2) is 0 Å². The van der Waals surface area contributed by atoms with Crippen LogP contribution in [0, 0.1) is 0 Å². The smallest absolute Gasteiger partial charge is 0.258 e. The van der Waals surface area contributed by atoms with Crippen molar-refractivity contribution < 1.29 is 9.59 Å². The van der Waals surface area contributed by atoms with Gasteiger partial charge in [0.1, 0.15) is 0 Å². The van der Waals surface area contributed by atoms with Crippen LogP contribution in [0.2, 0.25) is 0 Å². The van der Waals surface area contributed by atoms with E-state index < -0.39 is 0 Å². The summed E-state index contributed by atoms with van der Waals surface area (Å²) in [5.41, 5.74) is 4.01. The van der Waals surface area contributed by atoms with Gasteiger partial charge in [-0.05, 0) is 49.1 Å². The molecular formula is C21H22N2O2. The molecule has 2 aliphatic heterocycles. The first kappa shape index (κ1) is 15.9. The van der Waals surface area contributed by atoms with Gasteiger partial charge in [0.05, 0.1) is 0 Å². The van der Waals surface area contributed by atoms with Crippen LogP contribution in [0.5, 0.6) is 0 Å². The highest BCUT2D eigenvalue weighted by Crippen LogP contribution is 2.33. The van der Waals surface area contributed by atoms with Crippen LogP contribution in [0.1, 0.15) is 41.3 Å². The molecular weight excluding hydrogens is 312 g/mol. The van der Waals surface area contributed by atoms with Gasteiger partial charge in [-0.1, -0.05) is 30.3 Å². The van der Waals surface area contributed by atoms with Crippen LogP contribution in [0.3, 0.4) is 0 Å². The molecule has 0 radical (unpaired) electrons. The molecule has 1 fully saturated rings. The number of para-hydroxylation sites is 1.